The number of nitrogens with two attached hydrogens (primary N) is 1. The van der Waals surface area contributed by atoms with Crippen molar-refractivity contribution in [2.45, 2.75) is 35.8 Å². The van der Waals surface area contributed by atoms with E-state index in [2.05, 4.69) is 25.6 Å². The number of fused-ring (bicyclic) bond motifs is 1. The number of anilines is 1. The van der Waals surface area contributed by atoms with Gasteiger partial charge in [0.1, 0.15) is 34.2 Å². The molecule has 2 unspecified atom stereocenters. The number of hydrogen-bond donors (Lipinski definition) is 7. The molecule has 1 heterocycles. The Morgan fingerprint density at radius 1 is 0.865 bits per heavy atom. The van der Waals surface area contributed by atoms with Crippen LogP contribution >= 0.6 is 0 Å². The second-order valence-corrected chi connectivity index (χ2v) is 14.5. The van der Waals surface area contributed by atoms with Crippen LogP contribution in [0.1, 0.15) is 16.8 Å². The molecule has 4 aromatic carbocycles. The van der Waals surface area contributed by atoms with Crippen LogP contribution in [0.4, 0.5) is 22.7 Å². The highest BCUT2D eigenvalue weighted by Gasteiger charge is 2.23. The number of allylic oxidation sites excluding steroid dienone is 2. The standard InChI is InChI=1S/C33H29N7O10S2/c1-16-13-28(52(48,49)50)22-9-12-25(32(43)29(22)30(16)34)37-35-23-10-3-18(14-26(23)41)19-4-11-24(27(42)15-19)36-38-31-17(2)39-40(33(31)44)20-5-7-21(8-6-20)51(45,46)47/h3-15,23,26,39,41-43H,34H2,1-2H3,(H,45,46,47)(H,48,49,50). The van der Waals surface area contributed by atoms with Crippen LogP contribution in [0.5, 0.6) is 11.5 Å². The number of aromatic hydroxyl groups is 2. The van der Waals surface area contributed by atoms with Gasteiger partial charge in [0.2, 0.25) is 0 Å². The van der Waals surface area contributed by atoms with Crippen LogP contribution in [0.15, 0.2) is 114 Å². The second kappa shape index (κ2) is 13.3. The predicted octanol–water partition coefficient (Wildman–Crippen LogP) is 5.30. The number of nitrogen functional groups attached to an aromatic ring is 1. The predicted molar refractivity (Wildman–Crippen MR) is 189 cm³/mol. The van der Waals surface area contributed by atoms with Gasteiger partial charge in [0.15, 0.2) is 11.4 Å². The Morgan fingerprint density at radius 3 is 2.19 bits per heavy atom. The average Bonchev–Trinajstić information content (AvgIpc) is 3.37. The number of rotatable bonds is 8. The SMILES string of the molecule is Cc1cc(S(=O)(=O)O)c2ccc(N=NC3C=CC(c4ccc(N=Nc5c(C)[nH]n(-c6ccc(S(=O)(=O)O)cc6)c5=O)c(O)c4)=CC3O)c(O)c2c1N. The van der Waals surface area contributed by atoms with E-state index in [9.17, 15) is 46.1 Å². The van der Waals surface area contributed by atoms with Crippen molar-refractivity contribution in [1.29, 1.82) is 0 Å². The van der Waals surface area contributed by atoms with Crippen molar-refractivity contribution in [3.8, 4) is 17.2 Å². The van der Waals surface area contributed by atoms with Gasteiger partial charge in [-0.05, 0) is 85.2 Å². The number of aromatic nitrogens is 2. The number of H-pyrrole nitrogens is 1. The Hall–Kier alpha value is -5.99. The fourth-order valence-corrected chi connectivity index (χ4v) is 6.73. The molecule has 1 aliphatic carbocycles. The zero-order valence-electron chi connectivity index (χ0n) is 27.1. The van der Waals surface area contributed by atoms with Crippen molar-refractivity contribution in [3.63, 3.8) is 0 Å². The fraction of sp³-hybridized carbons (Fsp3) is 0.121. The Labute approximate surface area is 294 Å². The molecule has 2 atom stereocenters. The third-order valence-electron chi connectivity index (χ3n) is 8.21. The lowest BCUT2D eigenvalue weighted by Crippen LogP contribution is -2.22. The number of aliphatic hydroxyl groups is 1. The number of nitrogens with zero attached hydrogens (tertiary/aromatic N) is 5. The van der Waals surface area contributed by atoms with E-state index >= 15 is 0 Å². The summed E-state index contributed by atoms with van der Waals surface area (Å²) in [7, 11) is -9.04. The molecule has 0 fully saturated rings. The highest BCUT2D eigenvalue weighted by Crippen LogP contribution is 2.42. The summed E-state index contributed by atoms with van der Waals surface area (Å²) in [5.41, 5.74) is 7.46. The van der Waals surface area contributed by atoms with Gasteiger partial charge in [-0.1, -0.05) is 24.3 Å². The lowest BCUT2D eigenvalue weighted by atomic mass is 9.95. The highest BCUT2D eigenvalue weighted by molar-refractivity contribution is 7.86. The summed E-state index contributed by atoms with van der Waals surface area (Å²) in [4.78, 5) is 12.2. The molecule has 0 saturated carbocycles. The van der Waals surface area contributed by atoms with Crippen molar-refractivity contribution in [3.05, 3.63) is 106 Å². The van der Waals surface area contributed by atoms with Crippen LogP contribution in [0.3, 0.4) is 0 Å². The van der Waals surface area contributed by atoms with E-state index in [1.807, 2.05) is 0 Å². The smallest absolute Gasteiger partial charge is 0.299 e. The quantitative estimate of drug-likeness (QED) is 0.0607. The first kappa shape index (κ1) is 35.8. The molecule has 0 bridgehead atoms. The number of phenolic OH excluding ortho intramolecular Hbond substituents is 2. The summed E-state index contributed by atoms with van der Waals surface area (Å²) in [5.74, 6) is -0.740. The molecular formula is C33H29N7O10S2. The van der Waals surface area contributed by atoms with Gasteiger partial charge in [-0.3, -0.25) is 19.0 Å². The normalized spacial score (nSPS) is 16.7. The van der Waals surface area contributed by atoms with Crippen molar-refractivity contribution in [1.82, 2.24) is 9.78 Å². The Bertz CT molecular complexity index is 2680. The molecule has 8 N–H and O–H groups in total. The first-order valence-corrected chi connectivity index (χ1v) is 18.0. The maximum atomic E-state index is 13.0. The molecule has 0 aliphatic heterocycles. The molecular weight excluding hydrogens is 719 g/mol. The maximum absolute atomic E-state index is 13.0. The Kier molecular flexibility index (Phi) is 9.15. The molecule has 1 aliphatic rings. The summed E-state index contributed by atoms with van der Waals surface area (Å²) in [5, 5.41) is 51.4. The lowest BCUT2D eigenvalue weighted by molar-refractivity contribution is 0.206. The molecule has 6 rings (SSSR count). The van der Waals surface area contributed by atoms with E-state index in [-0.39, 0.29) is 49.9 Å². The molecule has 1 aromatic heterocycles. The largest absolute Gasteiger partial charge is 0.506 e. The van der Waals surface area contributed by atoms with Crippen LogP contribution in [-0.2, 0) is 20.2 Å². The van der Waals surface area contributed by atoms with Crippen molar-refractivity contribution >= 4 is 59.3 Å². The van der Waals surface area contributed by atoms with E-state index in [0.717, 1.165) is 16.8 Å². The third kappa shape index (κ3) is 6.85. The molecule has 0 radical (unpaired) electrons. The number of aromatic amines is 1. The van der Waals surface area contributed by atoms with Crippen molar-refractivity contribution in [2.24, 2.45) is 20.5 Å². The van der Waals surface area contributed by atoms with Crippen molar-refractivity contribution < 1.29 is 41.3 Å². The number of nitrogens with one attached hydrogen (secondary N) is 1. The summed E-state index contributed by atoms with van der Waals surface area (Å²) in [6, 6.07) is 12.3. The minimum absolute atomic E-state index is 0.00456. The summed E-state index contributed by atoms with van der Waals surface area (Å²) < 4.78 is 66.4. The minimum atomic E-state index is -4.63. The topological polar surface area (TPSA) is 283 Å². The summed E-state index contributed by atoms with van der Waals surface area (Å²) in [6.07, 6.45) is 3.50. The van der Waals surface area contributed by atoms with E-state index in [1.54, 1.807) is 25.1 Å². The van der Waals surface area contributed by atoms with Gasteiger partial charge in [0.25, 0.3) is 25.8 Å². The van der Waals surface area contributed by atoms with Gasteiger partial charge in [-0.15, -0.1) is 10.2 Å². The number of aryl methyl sites for hydroxylation is 2. The van der Waals surface area contributed by atoms with E-state index in [0.29, 0.717) is 22.4 Å². The van der Waals surface area contributed by atoms with Gasteiger partial charge in [-0.2, -0.15) is 27.1 Å². The van der Waals surface area contributed by atoms with Crippen LogP contribution < -0.4 is 11.3 Å². The first-order chi connectivity index (χ1) is 24.4. The molecule has 17 nitrogen and oxygen atoms in total. The number of benzene rings is 4. The van der Waals surface area contributed by atoms with Crippen molar-refractivity contribution in [2.75, 3.05) is 5.73 Å². The minimum Gasteiger partial charge on any atom is -0.506 e. The Balaban J connectivity index is 1.19. The second-order valence-electron chi connectivity index (χ2n) is 11.7. The van der Waals surface area contributed by atoms with E-state index in [4.69, 9.17) is 5.73 Å². The molecule has 52 heavy (non-hydrogen) atoms. The van der Waals surface area contributed by atoms with Gasteiger partial charge >= 0.3 is 0 Å². The first-order valence-electron chi connectivity index (χ1n) is 15.1. The van der Waals surface area contributed by atoms with Crippen LogP contribution in [0.25, 0.3) is 22.0 Å². The number of azo groups is 2. The summed E-state index contributed by atoms with van der Waals surface area (Å²) in [6.45, 7) is 3.10. The third-order valence-corrected chi connectivity index (χ3v) is 9.97. The highest BCUT2D eigenvalue weighted by atomic mass is 32.2. The fourth-order valence-electron chi connectivity index (χ4n) is 5.48. The Morgan fingerprint density at radius 2 is 1.56 bits per heavy atom. The van der Waals surface area contributed by atoms with Crippen LogP contribution in [0.2, 0.25) is 0 Å². The average molecular weight is 748 g/mol. The van der Waals surface area contributed by atoms with E-state index in [1.165, 1.54) is 55.5 Å². The van der Waals surface area contributed by atoms with Gasteiger partial charge in [0, 0.05) is 11.1 Å². The molecule has 0 spiro atoms. The van der Waals surface area contributed by atoms with Gasteiger partial charge in [0.05, 0.1) is 21.7 Å². The zero-order chi connectivity index (χ0) is 37.7. The molecule has 5 aromatic rings. The van der Waals surface area contributed by atoms with E-state index < -0.39 is 48.6 Å². The van der Waals surface area contributed by atoms with Crippen LogP contribution in [0, 0.1) is 13.8 Å². The molecule has 0 saturated heterocycles. The lowest BCUT2D eigenvalue weighted by Gasteiger charge is -2.18. The zero-order valence-corrected chi connectivity index (χ0v) is 28.7. The number of phenols is 2. The van der Waals surface area contributed by atoms with Crippen LogP contribution in [-0.4, -0.2) is 63.2 Å². The molecule has 0 amide bonds. The van der Waals surface area contributed by atoms with Gasteiger partial charge in [-0.25, -0.2) is 4.68 Å². The number of hydrogen-bond acceptors (Lipinski definition) is 13. The summed E-state index contributed by atoms with van der Waals surface area (Å²) >= 11 is 0. The van der Waals surface area contributed by atoms with Gasteiger partial charge < -0.3 is 21.1 Å². The molecule has 268 valence electrons. The monoisotopic (exact) mass is 747 g/mol. The number of aliphatic hydroxyl groups excluding tert-OH is 1. The molecule has 19 heteroatoms. The maximum Gasteiger partial charge on any atom is 0.299 e.